The Hall–Kier alpha value is -3.21. The summed E-state index contributed by atoms with van der Waals surface area (Å²) in [6, 6.07) is 10.9. The van der Waals surface area contributed by atoms with Crippen LogP contribution in [-0.4, -0.2) is 35.8 Å². The lowest BCUT2D eigenvalue weighted by molar-refractivity contribution is -0.203. The monoisotopic (exact) mass is 427 g/mol. The van der Waals surface area contributed by atoms with E-state index in [4.69, 9.17) is 0 Å². The molecule has 3 rings (SSSR count). The van der Waals surface area contributed by atoms with E-state index in [0.717, 1.165) is 30.6 Å². The van der Waals surface area contributed by atoms with E-state index < -0.39 is 35.1 Å². The summed E-state index contributed by atoms with van der Waals surface area (Å²) in [7, 11) is 0.734. The number of hydrogen-bond donors (Lipinski definition) is 2. The summed E-state index contributed by atoms with van der Waals surface area (Å²) in [4.78, 5) is 28.6. The Morgan fingerprint density at radius 1 is 1.07 bits per heavy atom. The molecule has 152 valence electrons. The molecule has 1 aromatic heterocycles. The maximum atomic E-state index is 14.0. The van der Waals surface area contributed by atoms with Gasteiger partial charge < -0.3 is 15.4 Å². The first-order valence-electron chi connectivity index (χ1n) is 8.04. The van der Waals surface area contributed by atoms with Gasteiger partial charge in [0.2, 0.25) is 0 Å². The molecule has 2 N–H and O–H groups in total. The number of fused-ring (bicyclic) bond motifs is 1. The summed E-state index contributed by atoms with van der Waals surface area (Å²) in [5.41, 5.74) is -3.97. The highest BCUT2D eigenvalue weighted by molar-refractivity contribution is 7.22. The first kappa shape index (κ1) is 20.5. The molecule has 0 bridgehead atoms. The highest BCUT2D eigenvalue weighted by atomic mass is 32.1. The molecule has 0 radical (unpaired) electrons. The predicted molar refractivity (Wildman–Crippen MR) is 97.9 cm³/mol. The smallest absolute Gasteiger partial charge is 0.442 e. The molecule has 0 spiro atoms. The van der Waals surface area contributed by atoms with Crippen molar-refractivity contribution < 1.29 is 31.9 Å². The Morgan fingerprint density at radius 2 is 1.72 bits per heavy atom. The number of methoxy groups -OCH3 is 1. The molecule has 1 heterocycles. The number of para-hydroxylation sites is 1. The number of nitrogens with zero attached hydrogens (tertiary/aromatic N) is 1. The maximum absolute atomic E-state index is 14.0. The van der Waals surface area contributed by atoms with Crippen LogP contribution in [0.25, 0.3) is 10.2 Å². The molecule has 1 amide bonds. The number of alkyl halides is 3. The highest BCUT2D eigenvalue weighted by Gasteiger charge is 2.64. The number of hydrogen-bond acceptors (Lipinski definition) is 6. The standard InChI is InChI=1S/C18H13F4N3O3S/c1-28-15(27)17(18(20,21)22,24-14(26)10-6-2-3-7-11(10)19)25-16-23-12-8-4-5-9-13(12)29-16/h2-9H,1H3,(H,23,25)(H,24,26). The molecule has 3 aromatic rings. The zero-order chi connectivity index (χ0) is 21.2. The van der Waals surface area contributed by atoms with Gasteiger partial charge in [0.15, 0.2) is 5.13 Å². The number of amides is 1. The number of anilines is 1. The SMILES string of the molecule is COC(=O)C(NC(=O)c1ccccc1F)(Nc1nc2ccccc2s1)C(F)(F)F. The van der Waals surface area contributed by atoms with Crippen LogP contribution >= 0.6 is 11.3 Å². The Labute approximate surface area is 165 Å². The number of nitrogens with one attached hydrogen (secondary N) is 2. The second-order valence-electron chi connectivity index (χ2n) is 5.79. The van der Waals surface area contributed by atoms with Gasteiger partial charge in [0.25, 0.3) is 5.91 Å². The lowest BCUT2D eigenvalue weighted by atomic mass is 10.1. The van der Waals surface area contributed by atoms with Gasteiger partial charge in [-0.3, -0.25) is 4.79 Å². The lowest BCUT2D eigenvalue weighted by Crippen LogP contribution is -2.69. The van der Waals surface area contributed by atoms with E-state index in [1.165, 1.54) is 12.1 Å². The third kappa shape index (κ3) is 3.86. The molecule has 0 aliphatic rings. The van der Waals surface area contributed by atoms with Gasteiger partial charge in [-0.15, -0.1) is 0 Å². The predicted octanol–water partition coefficient (Wildman–Crippen LogP) is 3.71. The molecule has 29 heavy (non-hydrogen) atoms. The summed E-state index contributed by atoms with van der Waals surface area (Å²) in [5.74, 6) is -4.35. The van der Waals surface area contributed by atoms with Gasteiger partial charge in [0, 0.05) is 0 Å². The molecule has 0 aliphatic carbocycles. The number of halogens is 4. The van der Waals surface area contributed by atoms with Crippen molar-refractivity contribution in [3.8, 4) is 0 Å². The zero-order valence-electron chi connectivity index (χ0n) is 14.7. The third-order valence-electron chi connectivity index (χ3n) is 3.92. The van der Waals surface area contributed by atoms with Crippen LogP contribution < -0.4 is 10.6 Å². The first-order chi connectivity index (χ1) is 13.7. The number of thiazole rings is 1. The van der Waals surface area contributed by atoms with Crippen molar-refractivity contribution in [2.24, 2.45) is 0 Å². The van der Waals surface area contributed by atoms with Crippen molar-refractivity contribution in [1.82, 2.24) is 10.3 Å². The molecule has 1 atom stereocenters. The van der Waals surface area contributed by atoms with Crippen LogP contribution in [0.2, 0.25) is 0 Å². The molecule has 1 unspecified atom stereocenters. The largest absolute Gasteiger partial charge is 0.466 e. The van der Waals surface area contributed by atoms with Crippen LogP contribution in [0.15, 0.2) is 48.5 Å². The summed E-state index contributed by atoms with van der Waals surface area (Å²) in [6.45, 7) is 0. The van der Waals surface area contributed by atoms with Gasteiger partial charge in [-0.25, -0.2) is 14.2 Å². The second-order valence-corrected chi connectivity index (χ2v) is 6.82. The minimum Gasteiger partial charge on any atom is -0.466 e. The average Bonchev–Trinajstić information content (AvgIpc) is 3.08. The fourth-order valence-corrected chi connectivity index (χ4v) is 3.43. The van der Waals surface area contributed by atoms with Crippen molar-refractivity contribution in [3.05, 3.63) is 59.9 Å². The Morgan fingerprint density at radius 3 is 2.34 bits per heavy atom. The van der Waals surface area contributed by atoms with Crippen molar-refractivity contribution in [1.29, 1.82) is 0 Å². The van der Waals surface area contributed by atoms with Crippen molar-refractivity contribution >= 4 is 38.6 Å². The Kier molecular flexibility index (Phi) is 5.42. The van der Waals surface area contributed by atoms with Crippen LogP contribution in [0.5, 0.6) is 0 Å². The fourth-order valence-electron chi connectivity index (χ4n) is 2.51. The quantitative estimate of drug-likeness (QED) is 0.369. The maximum Gasteiger partial charge on any atom is 0.442 e. The van der Waals surface area contributed by atoms with Crippen LogP contribution in [0, 0.1) is 5.82 Å². The topological polar surface area (TPSA) is 80.3 Å². The van der Waals surface area contributed by atoms with Gasteiger partial charge in [0.05, 0.1) is 22.9 Å². The summed E-state index contributed by atoms with van der Waals surface area (Å²) >= 11 is 0.839. The van der Waals surface area contributed by atoms with Gasteiger partial charge in [-0.05, 0) is 24.3 Å². The Balaban J connectivity index is 2.06. The van der Waals surface area contributed by atoms with E-state index in [-0.39, 0.29) is 5.13 Å². The number of aromatic nitrogens is 1. The van der Waals surface area contributed by atoms with Gasteiger partial charge in [0.1, 0.15) is 5.82 Å². The van der Waals surface area contributed by atoms with E-state index in [1.54, 1.807) is 29.6 Å². The molecule has 0 saturated carbocycles. The van der Waals surface area contributed by atoms with Gasteiger partial charge >= 0.3 is 17.8 Å². The van der Waals surface area contributed by atoms with Crippen LogP contribution in [0.1, 0.15) is 10.4 Å². The zero-order valence-corrected chi connectivity index (χ0v) is 15.5. The number of rotatable bonds is 5. The van der Waals surface area contributed by atoms with Crippen LogP contribution in [0.4, 0.5) is 22.7 Å². The third-order valence-corrected chi connectivity index (χ3v) is 4.88. The number of benzene rings is 2. The minimum atomic E-state index is -5.35. The molecule has 2 aromatic carbocycles. The molecule has 0 saturated heterocycles. The van der Waals surface area contributed by atoms with E-state index in [9.17, 15) is 27.2 Å². The van der Waals surface area contributed by atoms with Gasteiger partial charge in [-0.1, -0.05) is 35.6 Å². The molecule has 6 nitrogen and oxygen atoms in total. The van der Waals surface area contributed by atoms with E-state index in [0.29, 0.717) is 10.2 Å². The number of ether oxygens (including phenoxy) is 1. The molecular weight excluding hydrogens is 414 g/mol. The van der Waals surface area contributed by atoms with Crippen molar-refractivity contribution in [3.63, 3.8) is 0 Å². The van der Waals surface area contributed by atoms with Crippen molar-refractivity contribution in [2.45, 2.75) is 11.8 Å². The Bertz CT molecular complexity index is 1040. The second kappa shape index (κ2) is 7.66. The normalized spacial score (nSPS) is 13.6. The summed E-state index contributed by atoms with van der Waals surface area (Å²) in [6.07, 6.45) is -5.35. The number of carbonyl (C=O) groups is 2. The number of carbonyl (C=O) groups excluding carboxylic acids is 2. The van der Waals surface area contributed by atoms with E-state index in [1.807, 2.05) is 5.32 Å². The molecule has 0 fully saturated rings. The van der Waals surface area contributed by atoms with Crippen molar-refractivity contribution in [2.75, 3.05) is 12.4 Å². The van der Waals surface area contributed by atoms with E-state index >= 15 is 0 Å². The number of esters is 1. The average molecular weight is 427 g/mol. The van der Waals surface area contributed by atoms with Gasteiger partial charge in [-0.2, -0.15) is 13.2 Å². The molecule has 11 heteroatoms. The lowest BCUT2D eigenvalue weighted by Gasteiger charge is -2.34. The summed E-state index contributed by atoms with van der Waals surface area (Å²) < 4.78 is 60.8. The minimum absolute atomic E-state index is 0.289. The molecular formula is C18H13F4N3O3S. The van der Waals surface area contributed by atoms with Crippen LogP contribution in [-0.2, 0) is 9.53 Å². The summed E-state index contributed by atoms with van der Waals surface area (Å²) in [5, 5.41) is 3.21. The van der Waals surface area contributed by atoms with Crippen LogP contribution in [0.3, 0.4) is 0 Å². The fraction of sp³-hybridized carbons (Fsp3) is 0.167. The highest BCUT2D eigenvalue weighted by Crippen LogP contribution is 2.36. The molecule has 0 aliphatic heterocycles. The first-order valence-corrected chi connectivity index (χ1v) is 8.85. The van der Waals surface area contributed by atoms with E-state index in [2.05, 4.69) is 9.72 Å².